The lowest BCUT2D eigenvalue weighted by Gasteiger charge is -2.21. The molecule has 0 saturated heterocycles. The molecule has 5 unspecified atom stereocenters. The third kappa shape index (κ3) is 70.7. The van der Waals surface area contributed by atoms with Crippen molar-refractivity contribution in [1.29, 1.82) is 0 Å². The summed E-state index contributed by atoms with van der Waals surface area (Å²) in [5.74, 6) is -2.31. The molecule has 0 aromatic rings. The molecule has 0 rings (SSSR count). The predicted molar refractivity (Wildman–Crippen MR) is 399 cm³/mol. The van der Waals surface area contributed by atoms with Gasteiger partial charge in [0.15, 0.2) is 12.2 Å². The van der Waals surface area contributed by atoms with Gasteiger partial charge in [-0.1, -0.05) is 312 Å². The maximum atomic E-state index is 13.1. The topological polar surface area (TPSA) is 237 Å². The van der Waals surface area contributed by atoms with Crippen LogP contribution in [0.2, 0.25) is 0 Å². The minimum atomic E-state index is -4.99. The number of aliphatic hydroxyl groups is 1. The fraction of sp³-hybridized carbons (Fsp3) is 0.772. The number of unbranched alkanes of at least 4 members (excludes halogenated alkanes) is 34. The zero-order valence-electron chi connectivity index (χ0n) is 62.0. The molecule has 0 fully saturated rings. The number of phosphoric ester groups is 2. The summed E-state index contributed by atoms with van der Waals surface area (Å²) in [6.07, 6.45) is 73.1. The molecule has 0 heterocycles. The van der Waals surface area contributed by atoms with E-state index >= 15 is 0 Å². The fourth-order valence-electron chi connectivity index (χ4n) is 10.5. The molecule has 17 nitrogen and oxygen atoms in total. The Morgan fingerprint density at radius 1 is 0.306 bits per heavy atom. The molecule has 0 bridgehead atoms. The van der Waals surface area contributed by atoms with Crippen LogP contribution in [-0.2, 0) is 65.4 Å². The molecule has 0 spiro atoms. The number of rotatable bonds is 73. The van der Waals surface area contributed by atoms with Crippen LogP contribution in [0.15, 0.2) is 85.1 Å². The molecule has 0 radical (unpaired) electrons. The average molecular weight is 1420 g/mol. The Kier molecular flexibility index (Phi) is 68.9. The number of hydrogen-bond donors (Lipinski definition) is 3. The Morgan fingerprint density at radius 2 is 0.571 bits per heavy atom. The van der Waals surface area contributed by atoms with Crippen molar-refractivity contribution >= 4 is 39.5 Å². The van der Waals surface area contributed by atoms with Crippen LogP contribution >= 0.6 is 15.6 Å². The van der Waals surface area contributed by atoms with E-state index in [4.69, 9.17) is 37.0 Å². The fourth-order valence-corrected chi connectivity index (χ4v) is 12.1. The average Bonchev–Trinajstić information content (AvgIpc) is 1.04. The van der Waals surface area contributed by atoms with E-state index in [1.165, 1.54) is 141 Å². The molecule has 0 aliphatic heterocycles. The first-order chi connectivity index (χ1) is 47.7. The summed E-state index contributed by atoms with van der Waals surface area (Å²) >= 11 is 0. The Hall–Kier alpha value is -3.76. The largest absolute Gasteiger partial charge is 0.472 e. The Bertz CT molecular complexity index is 2190. The highest BCUT2D eigenvalue weighted by molar-refractivity contribution is 7.47. The van der Waals surface area contributed by atoms with Crippen molar-refractivity contribution in [3.8, 4) is 0 Å². The van der Waals surface area contributed by atoms with Crippen molar-refractivity contribution in [2.24, 2.45) is 0 Å². The zero-order valence-corrected chi connectivity index (χ0v) is 63.7. The molecular formula is C79H140O17P2. The first kappa shape index (κ1) is 94.2. The summed E-state index contributed by atoms with van der Waals surface area (Å²) in [5.41, 5.74) is 0. The van der Waals surface area contributed by atoms with E-state index in [9.17, 15) is 43.2 Å². The van der Waals surface area contributed by atoms with Gasteiger partial charge in [-0.3, -0.25) is 37.3 Å². The zero-order chi connectivity index (χ0) is 71.8. The summed E-state index contributed by atoms with van der Waals surface area (Å²) in [4.78, 5) is 72.8. The highest BCUT2D eigenvalue weighted by Gasteiger charge is 2.30. The van der Waals surface area contributed by atoms with Crippen LogP contribution in [0.25, 0.3) is 0 Å². The van der Waals surface area contributed by atoms with Gasteiger partial charge in [-0.05, 0) is 83.5 Å². The second-order valence-electron chi connectivity index (χ2n) is 25.9. The van der Waals surface area contributed by atoms with E-state index in [1.54, 1.807) is 6.08 Å². The standard InChI is InChI=1S/C79H140O17P2/c1-5-9-13-17-21-25-29-33-36-40-43-47-51-55-59-63-76(81)89-69-74(95-78(83)65-61-57-53-49-45-39-32-28-24-20-16-12-8-4)71-93-97(85,86)91-67-73(80)68-92-98(87,88)94-72-75(96-79(84)66-62-58-54-50-46-42-38-35-31-27-23-19-15-11-7-3)70-90-77(82)64-60-56-52-48-44-41-37-34-30-26-22-18-14-10-6-2/h10,14,22-23,26-27,34-35,37-38,44,48,56,60,73-75,80H,5-9,11-13,15-21,24-25,28-33,36,39-43,45-47,49-55,57-59,61-72H2,1-4H3,(H,85,86)(H,87,88)/b14-10-,26-22-,27-23-,37-34-,38-35-,48-44-,60-56-. The Morgan fingerprint density at radius 3 is 0.929 bits per heavy atom. The van der Waals surface area contributed by atoms with Gasteiger partial charge >= 0.3 is 39.5 Å². The van der Waals surface area contributed by atoms with Crippen LogP contribution < -0.4 is 0 Å². The SMILES string of the molecule is CC/C=C\C/C=C\C/C=C\C/C=C\C/C=C\CC(=O)OCC(COP(=O)(O)OCC(O)COP(=O)(O)OCC(COC(=O)CCCCCCCCCCCCCCCCC)OC(=O)CCCCCCCCCCCCCCC)OC(=O)CCCCCCC/C=C\C/C=C\CCCCC. The minimum Gasteiger partial charge on any atom is -0.462 e. The highest BCUT2D eigenvalue weighted by Crippen LogP contribution is 2.45. The van der Waals surface area contributed by atoms with Gasteiger partial charge < -0.3 is 33.8 Å². The Balaban J connectivity index is 5.39. The van der Waals surface area contributed by atoms with Gasteiger partial charge in [-0.2, -0.15) is 0 Å². The molecule has 98 heavy (non-hydrogen) atoms. The van der Waals surface area contributed by atoms with Crippen LogP contribution in [0, 0.1) is 0 Å². The van der Waals surface area contributed by atoms with E-state index in [0.29, 0.717) is 25.7 Å². The number of carbonyl (C=O) groups is 4. The lowest BCUT2D eigenvalue weighted by atomic mass is 10.0. The first-order valence-corrected chi connectivity index (χ1v) is 41.8. The van der Waals surface area contributed by atoms with Gasteiger partial charge in [0.05, 0.1) is 32.8 Å². The van der Waals surface area contributed by atoms with Gasteiger partial charge in [0.2, 0.25) is 0 Å². The highest BCUT2D eigenvalue weighted by atomic mass is 31.2. The van der Waals surface area contributed by atoms with Crippen molar-refractivity contribution in [3.05, 3.63) is 85.1 Å². The van der Waals surface area contributed by atoms with Crippen molar-refractivity contribution in [3.63, 3.8) is 0 Å². The van der Waals surface area contributed by atoms with Crippen LogP contribution in [0.3, 0.4) is 0 Å². The van der Waals surface area contributed by atoms with E-state index in [0.717, 1.165) is 116 Å². The second-order valence-corrected chi connectivity index (χ2v) is 28.9. The third-order valence-electron chi connectivity index (χ3n) is 16.4. The van der Waals surface area contributed by atoms with Gasteiger partial charge in [0.1, 0.15) is 19.3 Å². The lowest BCUT2D eigenvalue weighted by Crippen LogP contribution is -2.30. The normalized spacial score (nSPS) is 14.4. The molecule has 19 heteroatoms. The van der Waals surface area contributed by atoms with E-state index in [1.807, 2.05) is 18.2 Å². The number of allylic oxidation sites excluding steroid dienone is 13. The molecule has 0 saturated carbocycles. The van der Waals surface area contributed by atoms with Crippen LogP contribution in [-0.4, -0.2) is 96.7 Å². The summed E-state index contributed by atoms with van der Waals surface area (Å²) < 4.78 is 68.4. The van der Waals surface area contributed by atoms with E-state index < -0.39 is 97.5 Å². The van der Waals surface area contributed by atoms with Crippen molar-refractivity contribution in [2.45, 2.75) is 354 Å². The van der Waals surface area contributed by atoms with E-state index in [-0.39, 0.29) is 25.7 Å². The molecule has 0 aromatic carbocycles. The van der Waals surface area contributed by atoms with Crippen molar-refractivity contribution < 1.29 is 80.2 Å². The number of aliphatic hydroxyl groups excluding tert-OH is 1. The van der Waals surface area contributed by atoms with Crippen molar-refractivity contribution in [2.75, 3.05) is 39.6 Å². The molecule has 0 aliphatic carbocycles. The maximum Gasteiger partial charge on any atom is 0.472 e. The molecule has 5 atom stereocenters. The minimum absolute atomic E-state index is 0.0608. The Labute approximate surface area is 595 Å². The molecular weight excluding hydrogens is 1280 g/mol. The molecule has 0 aromatic heterocycles. The number of ether oxygens (including phenoxy) is 4. The summed E-state index contributed by atoms with van der Waals surface area (Å²) in [6.45, 7) is 4.65. The number of esters is 4. The lowest BCUT2D eigenvalue weighted by molar-refractivity contribution is -0.161. The summed E-state index contributed by atoms with van der Waals surface area (Å²) in [7, 11) is -9.97. The van der Waals surface area contributed by atoms with Gasteiger partial charge in [0.25, 0.3) is 0 Å². The third-order valence-corrected chi connectivity index (χ3v) is 18.3. The smallest absolute Gasteiger partial charge is 0.462 e. The number of phosphoric acid groups is 2. The van der Waals surface area contributed by atoms with Gasteiger partial charge in [-0.15, -0.1) is 0 Å². The number of hydrogen-bond acceptors (Lipinski definition) is 15. The monoisotopic (exact) mass is 1420 g/mol. The van der Waals surface area contributed by atoms with Crippen LogP contribution in [0.4, 0.5) is 0 Å². The van der Waals surface area contributed by atoms with E-state index in [2.05, 4.69) is 88.5 Å². The quantitative estimate of drug-likeness (QED) is 0.0169. The van der Waals surface area contributed by atoms with Crippen molar-refractivity contribution in [1.82, 2.24) is 0 Å². The molecule has 3 N–H and O–H groups in total. The molecule has 568 valence electrons. The predicted octanol–water partition coefficient (Wildman–Crippen LogP) is 22.2. The van der Waals surface area contributed by atoms with Crippen LogP contribution in [0.5, 0.6) is 0 Å². The summed E-state index contributed by atoms with van der Waals surface area (Å²) in [6, 6.07) is 0. The molecule has 0 aliphatic rings. The molecule has 0 amide bonds. The van der Waals surface area contributed by atoms with Gasteiger partial charge in [0, 0.05) is 19.3 Å². The van der Waals surface area contributed by atoms with Crippen LogP contribution in [0.1, 0.15) is 336 Å². The first-order valence-electron chi connectivity index (χ1n) is 38.8. The van der Waals surface area contributed by atoms with Gasteiger partial charge in [-0.25, -0.2) is 9.13 Å². The maximum absolute atomic E-state index is 13.1. The second kappa shape index (κ2) is 71.6. The number of carbonyl (C=O) groups excluding carboxylic acids is 4. The summed E-state index contributed by atoms with van der Waals surface area (Å²) in [5, 5.41) is 10.6.